The topological polar surface area (TPSA) is 105 Å². The Labute approximate surface area is 202 Å². The van der Waals surface area contributed by atoms with E-state index >= 15 is 0 Å². The van der Waals surface area contributed by atoms with Gasteiger partial charge in [0.25, 0.3) is 0 Å². The van der Waals surface area contributed by atoms with E-state index in [2.05, 4.69) is 26.6 Å². The first kappa shape index (κ1) is 25.1. The van der Waals surface area contributed by atoms with Gasteiger partial charge >= 0.3 is 0 Å². The van der Waals surface area contributed by atoms with Crippen molar-refractivity contribution < 1.29 is 8.95 Å². The number of rotatable bonds is 7. The third kappa shape index (κ3) is 6.73. The zero-order valence-electron chi connectivity index (χ0n) is 19.5. The number of piperazine rings is 1. The van der Waals surface area contributed by atoms with Gasteiger partial charge in [-0.1, -0.05) is 13.8 Å². The van der Waals surface area contributed by atoms with Crippen molar-refractivity contribution >= 4 is 39.0 Å². The standard InChI is InChI=1S/C21H26N6O2S2.C2H6/c1-14(2)29-19-5-4-16(31(22)28)11-17(19)25-21-26-18(13-30-21)15-3-6-20(24-12-15)27-9-7-23-8-10-27;1-2/h3-6,11-14,23H,7-10,22H2,1-2H3,(H,25,26);1-2H3. The van der Waals surface area contributed by atoms with Crippen LogP contribution in [-0.4, -0.2) is 46.5 Å². The Morgan fingerprint density at radius 2 is 1.97 bits per heavy atom. The summed E-state index contributed by atoms with van der Waals surface area (Å²) in [6.45, 7) is 11.8. The number of benzene rings is 1. The molecule has 0 spiro atoms. The van der Waals surface area contributed by atoms with Crippen LogP contribution >= 0.6 is 11.3 Å². The summed E-state index contributed by atoms with van der Waals surface area (Å²) in [5, 5.41) is 14.9. The molecule has 0 amide bonds. The van der Waals surface area contributed by atoms with Gasteiger partial charge in [0.15, 0.2) is 5.13 Å². The molecule has 2 aromatic heterocycles. The second-order valence-electron chi connectivity index (χ2n) is 7.43. The number of ether oxygens (including phenoxy) is 1. The van der Waals surface area contributed by atoms with Gasteiger partial charge in [-0.05, 0) is 44.2 Å². The molecule has 0 saturated carbocycles. The van der Waals surface area contributed by atoms with Gasteiger partial charge in [0.05, 0.1) is 22.4 Å². The molecule has 0 radical (unpaired) electrons. The average Bonchev–Trinajstić information content (AvgIpc) is 3.30. The molecule has 4 rings (SSSR count). The zero-order chi connectivity index (χ0) is 23.8. The lowest BCUT2D eigenvalue weighted by Gasteiger charge is -2.28. The molecule has 178 valence electrons. The lowest BCUT2D eigenvalue weighted by Crippen LogP contribution is -2.43. The number of nitrogens with two attached hydrogens (primary N) is 1. The maximum atomic E-state index is 11.7. The number of hydrogen-bond donors (Lipinski definition) is 3. The predicted molar refractivity (Wildman–Crippen MR) is 138 cm³/mol. The van der Waals surface area contributed by atoms with Crippen molar-refractivity contribution in [3.8, 4) is 17.0 Å². The molecule has 4 N–H and O–H groups in total. The van der Waals surface area contributed by atoms with Crippen LogP contribution in [0.2, 0.25) is 0 Å². The van der Waals surface area contributed by atoms with Gasteiger partial charge < -0.3 is 20.3 Å². The summed E-state index contributed by atoms with van der Waals surface area (Å²) in [6.07, 6.45) is 1.86. The lowest BCUT2D eigenvalue weighted by atomic mass is 10.2. The Bertz CT molecular complexity index is 1050. The molecule has 1 aromatic carbocycles. The van der Waals surface area contributed by atoms with Gasteiger partial charge in [0.1, 0.15) is 22.6 Å². The summed E-state index contributed by atoms with van der Waals surface area (Å²) in [5.41, 5.74) is 2.48. The lowest BCUT2D eigenvalue weighted by molar-refractivity contribution is 0.243. The fourth-order valence-electron chi connectivity index (χ4n) is 3.29. The molecule has 0 aliphatic carbocycles. The molecule has 1 aliphatic rings. The zero-order valence-corrected chi connectivity index (χ0v) is 21.1. The Hall–Kier alpha value is -2.53. The van der Waals surface area contributed by atoms with E-state index in [4.69, 9.17) is 14.9 Å². The number of hydrogen-bond acceptors (Lipinski definition) is 8. The number of thiazole rings is 1. The third-order valence-electron chi connectivity index (χ3n) is 4.78. The van der Waals surface area contributed by atoms with Crippen molar-refractivity contribution in [1.82, 2.24) is 15.3 Å². The van der Waals surface area contributed by atoms with Crippen LogP contribution in [0.15, 0.2) is 46.8 Å². The van der Waals surface area contributed by atoms with Crippen molar-refractivity contribution in [3.05, 3.63) is 41.9 Å². The Balaban J connectivity index is 0.00000149. The summed E-state index contributed by atoms with van der Waals surface area (Å²) < 4.78 is 17.6. The molecule has 1 saturated heterocycles. The highest BCUT2D eigenvalue weighted by Crippen LogP contribution is 2.33. The van der Waals surface area contributed by atoms with E-state index in [1.54, 1.807) is 18.2 Å². The van der Waals surface area contributed by atoms with Gasteiger partial charge in [0, 0.05) is 43.3 Å². The minimum absolute atomic E-state index is 0.00176. The minimum atomic E-state index is -1.58. The van der Waals surface area contributed by atoms with Crippen LogP contribution < -0.4 is 25.4 Å². The Kier molecular flexibility index (Phi) is 9.19. The van der Waals surface area contributed by atoms with E-state index in [0.717, 1.165) is 43.3 Å². The fourth-order valence-corrected chi connectivity index (χ4v) is 4.45. The van der Waals surface area contributed by atoms with Crippen LogP contribution in [0.3, 0.4) is 0 Å². The summed E-state index contributed by atoms with van der Waals surface area (Å²) in [4.78, 5) is 12.1. The molecule has 8 nitrogen and oxygen atoms in total. The molecule has 0 bridgehead atoms. The number of pyridine rings is 1. The molecular weight excluding hydrogens is 456 g/mol. The van der Waals surface area contributed by atoms with Crippen LogP contribution in [-0.2, 0) is 11.0 Å². The maximum Gasteiger partial charge on any atom is 0.187 e. The average molecular weight is 489 g/mol. The van der Waals surface area contributed by atoms with Gasteiger partial charge in [-0.25, -0.2) is 19.3 Å². The summed E-state index contributed by atoms with van der Waals surface area (Å²) in [7, 11) is -1.58. The molecule has 1 unspecified atom stereocenters. The Morgan fingerprint density at radius 1 is 1.21 bits per heavy atom. The van der Waals surface area contributed by atoms with Crippen LogP contribution in [0.4, 0.5) is 16.6 Å². The third-order valence-corrected chi connectivity index (χ3v) is 6.25. The normalized spacial score (nSPS) is 14.4. The van der Waals surface area contributed by atoms with Crippen molar-refractivity contribution in [2.75, 3.05) is 36.4 Å². The largest absolute Gasteiger partial charge is 0.489 e. The quantitative estimate of drug-likeness (QED) is 0.459. The molecular formula is C23H32N6O2S2. The number of nitrogens with one attached hydrogen (secondary N) is 2. The van der Waals surface area contributed by atoms with Crippen LogP contribution in [0, 0.1) is 0 Å². The van der Waals surface area contributed by atoms with E-state index in [9.17, 15) is 4.21 Å². The van der Waals surface area contributed by atoms with Crippen molar-refractivity contribution in [1.29, 1.82) is 0 Å². The number of aromatic nitrogens is 2. The summed E-state index contributed by atoms with van der Waals surface area (Å²) in [5.74, 6) is 1.64. The summed E-state index contributed by atoms with van der Waals surface area (Å²) in [6, 6.07) is 9.31. The van der Waals surface area contributed by atoms with E-state index in [-0.39, 0.29) is 6.10 Å². The van der Waals surface area contributed by atoms with E-state index in [1.165, 1.54) is 11.3 Å². The first-order valence-corrected chi connectivity index (χ1v) is 13.2. The first-order valence-electron chi connectivity index (χ1n) is 11.1. The minimum Gasteiger partial charge on any atom is -0.489 e. The van der Waals surface area contributed by atoms with Crippen molar-refractivity contribution in [2.24, 2.45) is 5.14 Å². The van der Waals surface area contributed by atoms with Crippen LogP contribution in [0.1, 0.15) is 27.7 Å². The maximum absolute atomic E-state index is 11.7. The SMILES string of the molecule is CC.CC(C)Oc1ccc(S(N)=O)cc1Nc1nc(-c2ccc(N3CCNCC3)nc2)cs1. The van der Waals surface area contributed by atoms with Crippen molar-refractivity contribution in [3.63, 3.8) is 0 Å². The van der Waals surface area contributed by atoms with Crippen LogP contribution in [0.5, 0.6) is 5.75 Å². The highest BCUT2D eigenvalue weighted by atomic mass is 32.2. The second kappa shape index (κ2) is 12.1. The molecule has 1 fully saturated rings. The molecule has 1 aliphatic heterocycles. The molecule has 3 aromatic rings. The van der Waals surface area contributed by atoms with Gasteiger partial charge in [0.2, 0.25) is 0 Å². The molecule has 10 heteroatoms. The molecule has 33 heavy (non-hydrogen) atoms. The van der Waals surface area contributed by atoms with Crippen molar-refractivity contribution in [2.45, 2.75) is 38.7 Å². The van der Waals surface area contributed by atoms with E-state index in [1.807, 2.05) is 45.3 Å². The van der Waals surface area contributed by atoms with E-state index in [0.29, 0.717) is 21.5 Å². The molecule has 3 heterocycles. The van der Waals surface area contributed by atoms with Gasteiger partial charge in [-0.2, -0.15) is 0 Å². The number of nitrogens with zero attached hydrogens (tertiary/aromatic N) is 3. The number of anilines is 3. The Morgan fingerprint density at radius 3 is 2.61 bits per heavy atom. The van der Waals surface area contributed by atoms with Gasteiger partial charge in [-0.3, -0.25) is 0 Å². The van der Waals surface area contributed by atoms with Gasteiger partial charge in [-0.15, -0.1) is 11.3 Å². The smallest absolute Gasteiger partial charge is 0.187 e. The highest BCUT2D eigenvalue weighted by Gasteiger charge is 2.14. The highest BCUT2D eigenvalue weighted by molar-refractivity contribution is 7.82. The summed E-state index contributed by atoms with van der Waals surface area (Å²) >= 11 is 1.48. The molecule has 1 atom stereocenters. The second-order valence-corrected chi connectivity index (χ2v) is 9.35. The predicted octanol–water partition coefficient (Wildman–Crippen LogP) is 4.15. The first-order chi connectivity index (χ1) is 16.0. The monoisotopic (exact) mass is 488 g/mol. The fraction of sp³-hybridized carbons (Fsp3) is 0.391. The van der Waals surface area contributed by atoms with E-state index < -0.39 is 11.0 Å². The van der Waals surface area contributed by atoms with Crippen LogP contribution in [0.25, 0.3) is 11.3 Å².